The molecule has 0 aliphatic carbocycles. The van der Waals surface area contributed by atoms with Crippen molar-refractivity contribution in [2.24, 2.45) is 0 Å². The SMILES string of the molecule is CB(O)c1ccc(OCC(C)O)cc1. The molecule has 1 aromatic rings. The standard InChI is InChI=1S/C10H15BO3/c1-8(12)7-14-10-5-3-9(4-6-10)11(2)13/h3-6,8,12-13H,7H2,1-2H3. The summed E-state index contributed by atoms with van der Waals surface area (Å²) < 4.78 is 5.27. The Morgan fingerprint density at radius 2 is 1.93 bits per heavy atom. The van der Waals surface area contributed by atoms with Crippen LogP contribution in [0.25, 0.3) is 0 Å². The van der Waals surface area contributed by atoms with Crippen molar-refractivity contribution < 1.29 is 14.9 Å². The summed E-state index contributed by atoms with van der Waals surface area (Å²) in [5.74, 6) is 0.704. The molecule has 2 N–H and O–H groups in total. The minimum atomic E-state index is -0.466. The summed E-state index contributed by atoms with van der Waals surface area (Å²) in [6.45, 7) is 3.21. The molecule has 0 aromatic heterocycles. The van der Waals surface area contributed by atoms with Gasteiger partial charge in [0.25, 0.3) is 0 Å². The fourth-order valence-electron chi connectivity index (χ4n) is 1.06. The molecule has 3 nitrogen and oxygen atoms in total. The number of hydrogen-bond acceptors (Lipinski definition) is 3. The molecule has 0 aliphatic heterocycles. The zero-order valence-electron chi connectivity index (χ0n) is 8.47. The van der Waals surface area contributed by atoms with Crippen molar-refractivity contribution in [3.05, 3.63) is 24.3 Å². The molecule has 76 valence electrons. The van der Waals surface area contributed by atoms with E-state index >= 15 is 0 Å². The predicted octanol–water partition coefficient (Wildman–Crippen LogP) is 0.267. The van der Waals surface area contributed by atoms with Crippen LogP contribution in [0.5, 0.6) is 5.75 Å². The van der Waals surface area contributed by atoms with E-state index in [1.807, 2.05) is 12.1 Å². The molecule has 1 atom stereocenters. The Morgan fingerprint density at radius 1 is 1.36 bits per heavy atom. The maximum atomic E-state index is 9.25. The molecule has 0 saturated heterocycles. The van der Waals surface area contributed by atoms with E-state index in [1.54, 1.807) is 25.9 Å². The molecule has 0 bridgehead atoms. The molecule has 0 radical (unpaired) electrons. The third-order valence-electron chi connectivity index (χ3n) is 1.85. The number of benzene rings is 1. The van der Waals surface area contributed by atoms with Gasteiger partial charge in [0.1, 0.15) is 12.4 Å². The third-order valence-corrected chi connectivity index (χ3v) is 1.85. The summed E-state index contributed by atoms with van der Waals surface area (Å²) in [6, 6.07) is 7.18. The average molecular weight is 194 g/mol. The van der Waals surface area contributed by atoms with E-state index < -0.39 is 13.0 Å². The first-order chi connectivity index (χ1) is 6.59. The number of hydrogen-bond donors (Lipinski definition) is 2. The van der Waals surface area contributed by atoms with Crippen LogP contribution >= 0.6 is 0 Å². The average Bonchev–Trinajstić information content (AvgIpc) is 2.15. The van der Waals surface area contributed by atoms with E-state index in [0.717, 1.165) is 5.46 Å². The molecular formula is C10H15BO3. The number of aliphatic hydroxyl groups excluding tert-OH is 1. The summed E-state index contributed by atoms with van der Waals surface area (Å²) in [6.07, 6.45) is -0.466. The summed E-state index contributed by atoms with van der Waals surface area (Å²) in [7, 11) is 0. The van der Waals surface area contributed by atoms with Crippen molar-refractivity contribution in [2.45, 2.75) is 19.9 Å². The largest absolute Gasteiger partial charge is 0.491 e. The van der Waals surface area contributed by atoms with Crippen LogP contribution in [0.2, 0.25) is 6.82 Å². The zero-order valence-corrected chi connectivity index (χ0v) is 8.47. The van der Waals surface area contributed by atoms with E-state index in [2.05, 4.69) is 0 Å². The normalized spacial score (nSPS) is 12.3. The highest BCUT2D eigenvalue weighted by molar-refractivity contribution is 6.64. The fraction of sp³-hybridized carbons (Fsp3) is 0.400. The topological polar surface area (TPSA) is 49.7 Å². The number of ether oxygens (including phenoxy) is 1. The maximum absolute atomic E-state index is 9.25. The van der Waals surface area contributed by atoms with Crippen LogP contribution in [0.1, 0.15) is 6.92 Å². The Kier molecular flexibility index (Phi) is 3.98. The van der Waals surface area contributed by atoms with Crippen molar-refractivity contribution in [1.82, 2.24) is 0 Å². The molecule has 0 saturated carbocycles. The van der Waals surface area contributed by atoms with Crippen LogP contribution in [-0.2, 0) is 0 Å². The monoisotopic (exact) mass is 194 g/mol. The lowest BCUT2D eigenvalue weighted by Gasteiger charge is -2.08. The van der Waals surface area contributed by atoms with Gasteiger partial charge >= 0.3 is 6.92 Å². The highest BCUT2D eigenvalue weighted by Gasteiger charge is 2.05. The van der Waals surface area contributed by atoms with Crippen LogP contribution in [0.3, 0.4) is 0 Å². The molecule has 1 unspecified atom stereocenters. The van der Waals surface area contributed by atoms with E-state index in [9.17, 15) is 5.02 Å². The fourth-order valence-corrected chi connectivity index (χ4v) is 1.06. The molecule has 1 rings (SSSR count). The summed E-state index contributed by atoms with van der Waals surface area (Å²) in [5, 5.41) is 18.2. The molecule has 0 aliphatic rings. The first-order valence-electron chi connectivity index (χ1n) is 4.68. The van der Waals surface area contributed by atoms with Gasteiger partial charge in [-0.15, -0.1) is 0 Å². The van der Waals surface area contributed by atoms with Gasteiger partial charge in [-0.3, -0.25) is 0 Å². The van der Waals surface area contributed by atoms with Crippen molar-refractivity contribution in [3.63, 3.8) is 0 Å². The first kappa shape index (κ1) is 11.1. The number of aliphatic hydroxyl groups is 1. The molecule has 1 aromatic carbocycles. The zero-order chi connectivity index (χ0) is 10.6. The second-order valence-electron chi connectivity index (χ2n) is 3.41. The Labute approximate surface area is 84.5 Å². The van der Waals surface area contributed by atoms with Crippen LogP contribution in [0.15, 0.2) is 24.3 Å². The smallest absolute Gasteiger partial charge is 0.320 e. The Bertz CT molecular complexity index is 269. The third kappa shape index (κ3) is 3.40. The first-order valence-corrected chi connectivity index (χ1v) is 4.68. The Morgan fingerprint density at radius 3 is 2.36 bits per heavy atom. The highest BCUT2D eigenvalue weighted by Crippen LogP contribution is 2.07. The van der Waals surface area contributed by atoms with Crippen LogP contribution in [-0.4, -0.2) is 29.8 Å². The van der Waals surface area contributed by atoms with E-state index in [4.69, 9.17) is 9.84 Å². The van der Waals surface area contributed by atoms with Crippen LogP contribution < -0.4 is 10.2 Å². The molecule has 4 heteroatoms. The van der Waals surface area contributed by atoms with Gasteiger partial charge in [-0.05, 0) is 24.5 Å². The van der Waals surface area contributed by atoms with Crippen LogP contribution in [0.4, 0.5) is 0 Å². The van der Waals surface area contributed by atoms with Crippen molar-refractivity contribution in [1.29, 1.82) is 0 Å². The molecule has 0 fully saturated rings. The quantitative estimate of drug-likeness (QED) is 0.676. The Hall–Kier alpha value is -0.995. The lowest BCUT2D eigenvalue weighted by Crippen LogP contribution is -2.25. The van der Waals surface area contributed by atoms with Gasteiger partial charge in [0.15, 0.2) is 0 Å². The lowest BCUT2D eigenvalue weighted by atomic mass is 9.64. The molecule has 0 spiro atoms. The number of rotatable bonds is 4. The van der Waals surface area contributed by atoms with E-state index in [1.165, 1.54) is 0 Å². The van der Waals surface area contributed by atoms with Gasteiger partial charge in [0.2, 0.25) is 0 Å². The minimum absolute atomic E-state index is 0.286. The van der Waals surface area contributed by atoms with Gasteiger partial charge < -0.3 is 14.9 Å². The van der Waals surface area contributed by atoms with Crippen molar-refractivity contribution >= 4 is 12.4 Å². The van der Waals surface area contributed by atoms with Gasteiger partial charge in [0.05, 0.1) is 6.10 Å². The molecular weight excluding hydrogens is 179 g/mol. The van der Waals surface area contributed by atoms with Gasteiger partial charge in [-0.25, -0.2) is 0 Å². The van der Waals surface area contributed by atoms with Crippen molar-refractivity contribution in [2.75, 3.05) is 6.61 Å². The van der Waals surface area contributed by atoms with Gasteiger partial charge in [-0.1, -0.05) is 19.0 Å². The van der Waals surface area contributed by atoms with Crippen molar-refractivity contribution in [3.8, 4) is 5.75 Å². The van der Waals surface area contributed by atoms with Gasteiger partial charge in [0, 0.05) is 0 Å². The summed E-state index contributed by atoms with van der Waals surface area (Å²) in [5.41, 5.74) is 0.856. The van der Waals surface area contributed by atoms with E-state index in [0.29, 0.717) is 5.75 Å². The minimum Gasteiger partial charge on any atom is -0.491 e. The summed E-state index contributed by atoms with van der Waals surface area (Å²) in [4.78, 5) is 0. The second-order valence-corrected chi connectivity index (χ2v) is 3.41. The summed E-state index contributed by atoms with van der Waals surface area (Å²) >= 11 is 0. The van der Waals surface area contributed by atoms with E-state index in [-0.39, 0.29) is 6.61 Å². The second kappa shape index (κ2) is 5.03. The van der Waals surface area contributed by atoms with Crippen LogP contribution in [0, 0.1) is 0 Å². The molecule has 14 heavy (non-hydrogen) atoms. The lowest BCUT2D eigenvalue weighted by molar-refractivity contribution is 0.123. The molecule has 0 heterocycles. The molecule has 0 amide bonds. The predicted molar refractivity (Wildman–Crippen MR) is 57.1 cm³/mol. The Balaban J connectivity index is 2.55. The van der Waals surface area contributed by atoms with Gasteiger partial charge in [-0.2, -0.15) is 0 Å². The highest BCUT2D eigenvalue weighted by atomic mass is 16.5. The maximum Gasteiger partial charge on any atom is 0.320 e.